The van der Waals surface area contributed by atoms with E-state index < -0.39 is 0 Å². The molecule has 0 bridgehead atoms. The normalized spacial score (nSPS) is 10.7. The minimum Gasteiger partial charge on any atom is -0.494 e. The van der Waals surface area contributed by atoms with Crippen molar-refractivity contribution in [2.24, 2.45) is 0 Å². The lowest BCUT2D eigenvalue weighted by molar-refractivity contribution is -0.120. The molecule has 0 atom stereocenters. The lowest BCUT2D eigenvalue weighted by atomic mass is 10.1. The van der Waals surface area contributed by atoms with Crippen LogP contribution in [0, 0.1) is 12.7 Å². The van der Waals surface area contributed by atoms with Gasteiger partial charge in [0, 0.05) is 23.4 Å². The SMILES string of the molecule is CCOc1ccc(CC(=O)NCCc2sc(-c3ccc(F)cc3)nc2C)cc1. The van der Waals surface area contributed by atoms with E-state index in [0.717, 1.165) is 38.9 Å². The van der Waals surface area contributed by atoms with Crippen molar-refractivity contribution >= 4 is 17.2 Å². The first-order valence-electron chi connectivity index (χ1n) is 9.26. The fraction of sp³-hybridized carbons (Fsp3) is 0.273. The Morgan fingerprint density at radius 3 is 2.54 bits per heavy atom. The van der Waals surface area contributed by atoms with Crippen molar-refractivity contribution < 1.29 is 13.9 Å². The molecule has 1 amide bonds. The number of nitrogens with zero attached hydrogens (tertiary/aromatic N) is 1. The highest BCUT2D eigenvalue weighted by atomic mass is 32.1. The second-order valence-electron chi connectivity index (χ2n) is 6.39. The van der Waals surface area contributed by atoms with Gasteiger partial charge in [-0.25, -0.2) is 9.37 Å². The Hall–Kier alpha value is -2.73. The Bertz CT molecular complexity index is 921. The van der Waals surface area contributed by atoms with Crippen molar-refractivity contribution in [3.8, 4) is 16.3 Å². The Kier molecular flexibility index (Phi) is 6.76. The second-order valence-corrected chi connectivity index (χ2v) is 7.47. The van der Waals surface area contributed by atoms with E-state index in [2.05, 4.69) is 10.3 Å². The zero-order chi connectivity index (χ0) is 19.9. The number of hydrogen-bond donors (Lipinski definition) is 1. The second kappa shape index (κ2) is 9.46. The fourth-order valence-corrected chi connectivity index (χ4v) is 3.88. The molecule has 28 heavy (non-hydrogen) atoms. The van der Waals surface area contributed by atoms with Gasteiger partial charge in [0.1, 0.15) is 16.6 Å². The van der Waals surface area contributed by atoms with Crippen LogP contribution in [0.2, 0.25) is 0 Å². The molecule has 4 nitrogen and oxygen atoms in total. The zero-order valence-electron chi connectivity index (χ0n) is 16.0. The predicted molar refractivity (Wildman–Crippen MR) is 110 cm³/mol. The highest BCUT2D eigenvalue weighted by Gasteiger charge is 2.10. The number of nitrogens with one attached hydrogen (secondary N) is 1. The van der Waals surface area contributed by atoms with Crippen molar-refractivity contribution in [3.05, 3.63) is 70.5 Å². The summed E-state index contributed by atoms with van der Waals surface area (Å²) in [6.07, 6.45) is 1.06. The summed E-state index contributed by atoms with van der Waals surface area (Å²) in [6.45, 7) is 5.08. The van der Waals surface area contributed by atoms with Gasteiger partial charge in [-0.1, -0.05) is 12.1 Å². The molecule has 3 aromatic rings. The van der Waals surface area contributed by atoms with E-state index in [-0.39, 0.29) is 11.7 Å². The third kappa shape index (κ3) is 5.39. The number of amides is 1. The number of carbonyl (C=O) groups is 1. The van der Waals surface area contributed by atoms with Gasteiger partial charge < -0.3 is 10.1 Å². The lowest BCUT2D eigenvalue weighted by Crippen LogP contribution is -2.27. The molecule has 0 saturated heterocycles. The number of aryl methyl sites for hydroxylation is 1. The summed E-state index contributed by atoms with van der Waals surface area (Å²) in [6, 6.07) is 13.9. The van der Waals surface area contributed by atoms with Gasteiger partial charge in [0.15, 0.2) is 0 Å². The first kappa shape index (κ1) is 20.0. The van der Waals surface area contributed by atoms with Crippen LogP contribution >= 0.6 is 11.3 Å². The minimum atomic E-state index is -0.257. The van der Waals surface area contributed by atoms with Crippen molar-refractivity contribution in [1.82, 2.24) is 10.3 Å². The maximum absolute atomic E-state index is 13.1. The van der Waals surface area contributed by atoms with E-state index in [1.54, 1.807) is 23.5 Å². The molecule has 2 aromatic carbocycles. The number of halogens is 1. The van der Waals surface area contributed by atoms with Gasteiger partial charge in [-0.15, -0.1) is 11.3 Å². The molecular weight excluding hydrogens is 375 g/mol. The average Bonchev–Trinajstić information content (AvgIpc) is 3.05. The van der Waals surface area contributed by atoms with Crippen molar-refractivity contribution in [2.75, 3.05) is 13.2 Å². The van der Waals surface area contributed by atoms with E-state index in [1.807, 2.05) is 38.1 Å². The summed E-state index contributed by atoms with van der Waals surface area (Å²) in [5.74, 6) is 0.543. The fourth-order valence-electron chi connectivity index (χ4n) is 2.81. The zero-order valence-corrected chi connectivity index (χ0v) is 16.8. The Labute approximate surface area is 168 Å². The predicted octanol–water partition coefficient (Wildman–Crippen LogP) is 4.56. The minimum absolute atomic E-state index is 0.00918. The number of rotatable bonds is 8. The van der Waals surface area contributed by atoms with Crippen LogP contribution in [-0.2, 0) is 17.6 Å². The smallest absolute Gasteiger partial charge is 0.224 e. The van der Waals surface area contributed by atoms with Crippen molar-refractivity contribution in [1.29, 1.82) is 0 Å². The van der Waals surface area contributed by atoms with Gasteiger partial charge in [-0.2, -0.15) is 0 Å². The Morgan fingerprint density at radius 2 is 1.86 bits per heavy atom. The number of benzene rings is 2. The standard InChI is InChI=1S/C22H23FN2O2S/c1-3-27-19-10-4-16(5-11-19)14-21(26)24-13-12-20-15(2)25-22(28-20)17-6-8-18(23)9-7-17/h4-11H,3,12-14H2,1-2H3,(H,24,26). The van der Waals surface area contributed by atoms with Gasteiger partial charge in [0.2, 0.25) is 5.91 Å². The first-order valence-corrected chi connectivity index (χ1v) is 10.1. The van der Waals surface area contributed by atoms with E-state index >= 15 is 0 Å². The largest absolute Gasteiger partial charge is 0.494 e. The number of hydrogen-bond acceptors (Lipinski definition) is 4. The molecule has 0 fully saturated rings. The quantitative estimate of drug-likeness (QED) is 0.605. The van der Waals surface area contributed by atoms with E-state index in [4.69, 9.17) is 4.74 Å². The number of carbonyl (C=O) groups excluding carboxylic acids is 1. The molecule has 0 aliphatic carbocycles. The molecule has 1 N–H and O–H groups in total. The summed E-state index contributed by atoms with van der Waals surface area (Å²) in [4.78, 5) is 17.9. The van der Waals surface area contributed by atoms with Crippen molar-refractivity contribution in [3.63, 3.8) is 0 Å². The molecular formula is C22H23FN2O2S. The van der Waals surface area contributed by atoms with Crippen molar-refractivity contribution in [2.45, 2.75) is 26.7 Å². The molecule has 0 aliphatic rings. The van der Waals surface area contributed by atoms with Gasteiger partial charge >= 0.3 is 0 Å². The monoisotopic (exact) mass is 398 g/mol. The summed E-state index contributed by atoms with van der Waals surface area (Å²) in [5.41, 5.74) is 2.80. The van der Waals surface area contributed by atoms with Crippen LogP contribution in [0.4, 0.5) is 4.39 Å². The summed E-state index contributed by atoms with van der Waals surface area (Å²) in [5, 5.41) is 3.83. The molecule has 0 saturated carbocycles. The summed E-state index contributed by atoms with van der Waals surface area (Å²) < 4.78 is 18.5. The maximum atomic E-state index is 13.1. The maximum Gasteiger partial charge on any atom is 0.224 e. The van der Waals surface area contributed by atoms with E-state index in [0.29, 0.717) is 19.6 Å². The van der Waals surface area contributed by atoms with E-state index in [1.165, 1.54) is 12.1 Å². The lowest BCUT2D eigenvalue weighted by Gasteiger charge is -2.06. The molecule has 1 heterocycles. The highest BCUT2D eigenvalue weighted by Crippen LogP contribution is 2.28. The van der Waals surface area contributed by atoms with Crippen LogP contribution in [0.25, 0.3) is 10.6 Å². The third-order valence-corrected chi connectivity index (χ3v) is 5.52. The highest BCUT2D eigenvalue weighted by molar-refractivity contribution is 7.15. The molecule has 3 rings (SSSR count). The van der Waals surface area contributed by atoms with Crippen LogP contribution in [-0.4, -0.2) is 24.0 Å². The molecule has 6 heteroatoms. The van der Waals surface area contributed by atoms with Gasteiger partial charge in [0.25, 0.3) is 0 Å². The molecule has 0 unspecified atom stereocenters. The van der Waals surface area contributed by atoms with Crippen LogP contribution in [0.15, 0.2) is 48.5 Å². The van der Waals surface area contributed by atoms with Crippen LogP contribution in [0.1, 0.15) is 23.1 Å². The average molecular weight is 399 g/mol. The Balaban J connectivity index is 1.50. The van der Waals surface area contributed by atoms with Crippen LogP contribution in [0.3, 0.4) is 0 Å². The molecule has 1 aromatic heterocycles. The molecule has 0 aliphatic heterocycles. The van der Waals surface area contributed by atoms with E-state index in [9.17, 15) is 9.18 Å². The summed E-state index contributed by atoms with van der Waals surface area (Å²) in [7, 11) is 0. The first-order chi connectivity index (χ1) is 13.5. The van der Waals surface area contributed by atoms with Crippen LogP contribution < -0.4 is 10.1 Å². The topological polar surface area (TPSA) is 51.2 Å². The third-order valence-electron chi connectivity index (χ3n) is 4.26. The number of thiazole rings is 1. The molecule has 146 valence electrons. The summed E-state index contributed by atoms with van der Waals surface area (Å²) >= 11 is 1.58. The van der Waals surface area contributed by atoms with Crippen LogP contribution in [0.5, 0.6) is 5.75 Å². The van der Waals surface area contributed by atoms with Gasteiger partial charge in [0.05, 0.1) is 18.7 Å². The number of ether oxygens (including phenoxy) is 1. The number of aromatic nitrogens is 1. The van der Waals surface area contributed by atoms with Gasteiger partial charge in [-0.05, 0) is 55.8 Å². The Morgan fingerprint density at radius 1 is 1.14 bits per heavy atom. The molecule has 0 spiro atoms. The van der Waals surface area contributed by atoms with Gasteiger partial charge in [-0.3, -0.25) is 4.79 Å². The molecule has 0 radical (unpaired) electrons.